The van der Waals surface area contributed by atoms with E-state index < -0.39 is 28.4 Å². The van der Waals surface area contributed by atoms with Gasteiger partial charge in [0.25, 0.3) is 15.9 Å². The molecule has 1 N–H and O–H groups in total. The van der Waals surface area contributed by atoms with Crippen molar-refractivity contribution in [2.24, 2.45) is 0 Å². The highest BCUT2D eigenvalue weighted by Crippen LogP contribution is 2.29. The highest BCUT2D eigenvalue weighted by Gasteiger charge is 2.41. The van der Waals surface area contributed by atoms with Gasteiger partial charge in [-0.1, -0.05) is 12.1 Å². The SMILES string of the molecule is O=C(CN1C(=O)c2ccccc2S1(=O)=O)NC[C@H]1CCCO1. The van der Waals surface area contributed by atoms with Crippen LogP contribution in [0.25, 0.3) is 0 Å². The van der Waals surface area contributed by atoms with Crippen molar-refractivity contribution < 1.29 is 22.7 Å². The van der Waals surface area contributed by atoms with Gasteiger partial charge in [0.1, 0.15) is 11.4 Å². The third-order valence-electron chi connectivity index (χ3n) is 3.75. The standard InChI is InChI=1S/C14H16N2O5S/c17-13(15-8-10-4-3-7-21-10)9-16-14(18)11-5-1-2-6-12(11)22(16,19)20/h1-2,5-6,10H,3-4,7-9H2,(H,15,17)/t10-/m1/s1. The van der Waals surface area contributed by atoms with E-state index in [4.69, 9.17) is 4.74 Å². The molecule has 118 valence electrons. The third-order valence-corrected chi connectivity index (χ3v) is 5.54. The van der Waals surface area contributed by atoms with Crippen LogP contribution in [0.1, 0.15) is 23.2 Å². The van der Waals surface area contributed by atoms with Crippen molar-refractivity contribution in [3.8, 4) is 0 Å². The quantitative estimate of drug-likeness (QED) is 0.849. The maximum atomic E-state index is 12.3. The largest absolute Gasteiger partial charge is 0.376 e. The van der Waals surface area contributed by atoms with Crippen LogP contribution in [0.4, 0.5) is 0 Å². The lowest BCUT2D eigenvalue weighted by Crippen LogP contribution is -2.42. The van der Waals surface area contributed by atoms with Crippen LogP contribution in [0.5, 0.6) is 0 Å². The molecule has 2 aliphatic heterocycles. The summed E-state index contributed by atoms with van der Waals surface area (Å²) in [5.74, 6) is -1.18. The van der Waals surface area contributed by atoms with E-state index in [1.165, 1.54) is 12.1 Å². The lowest BCUT2D eigenvalue weighted by Gasteiger charge is -2.16. The summed E-state index contributed by atoms with van der Waals surface area (Å²) in [4.78, 5) is 24.0. The predicted octanol–water partition coefficient (Wildman–Crippen LogP) is 0.126. The summed E-state index contributed by atoms with van der Waals surface area (Å²) in [7, 11) is -3.94. The molecule has 1 atom stereocenters. The number of carbonyl (C=O) groups is 2. The van der Waals surface area contributed by atoms with Crippen molar-refractivity contribution in [3.63, 3.8) is 0 Å². The highest BCUT2D eigenvalue weighted by atomic mass is 32.2. The van der Waals surface area contributed by atoms with Crippen LogP contribution in [-0.4, -0.2) is 50.3 Å². The van der Waals surface area contributed by atoms with E-state index in [2.05, 4.69) is 5.32 Å². The van der Waals surface area contributed by atoms with Crippen LogP contribution >= 0.6 is 0 Å². The molecule has 0 spiro atoms. The Kier molecular flexibility index (Phi) is 3.88. The van der Waals surface area contributed by atoms with Crippen LogP contribution < -0.4 is 5.32 Å². The molecule has 8 heteroatoms. The van der Waals surface area contributed by atoms with E-state index in [0.717, 1.165) is 12.8 Å². The fourth-order valence-corrected chi connectivity index (χ4v) is 4.13. The Balaban J connectivity index is 1.68. The van der Waals surface area contributed by atoms with Gasteiger partial charge in [0.2, 0.25) is 5.91 Å². The van der Waals surface area contributed by atoms with Crippen molar-refractivity contribution in [1.82, 2.24) is 9.62 Å². The van der Waals surface area contributed by atoms with Gasteiger partial charge in [0, 0.05) is 13.2 Å². The minimum atomic E-state index is -3.94. The van der Waals surface area contributed by atoms with Crippen molar-refractivity contribution >= 4 is 21.8 Å². The van der Waals surface area contributed by atoms with Gasteiger partial charge in [-0.05, 0) is 25.0 Å². The molecule has 1 aromatic rings. The number of rotatable bonds is 4. The number of fused-ring (bicyclic) bond motifs is 1. The van der Waals surface area contributed by atoms with Gasteiger partial charge < -0.3 is 10.1 Å². The molecule has 0 unspecified atom stereocenters. The van der Waals surface area contributed by atoms with E-state index in [1.807, 2.05) is 0 Å². The smallest absolute Gasteiger partial charge is 0.269 e. The zero-order valence-electron chi connectivity index (χ0n) is 11.8. The Hall–Kier alpha value is -1.93. The lowest BCUT2D eigenvalue weighted by atomic mass is 10.2. The molecule has 1 saturated heterocycles. The Morgan fingerprint density at radius 3 is 2.82 bits per heavy atom. The second-order valence-electron chi connectivity index (χ2n) is 5.25. The summed E-state index contributed by atoms with van der Waals surface area (Å²) in [6.45, 7) is 0.491. The zero-order chi connectivity index (χ0) is 15.7. The van der Waals surface area contributed by atoms with Crippen LogP contribution in [0.2, 0.25) is 0 Å². The average Bonchev–Trinajstić information content (AvgIpc) is 3.08. The molecule has 2 amide bonds. The molecule has 0 radical (unpaired) electrons. The normalized spacial score (nSPS) is 22.6. The van der Waals surface area contributed by atoms with E-state index in [0.29, 0.717) is 17.5 Å². The molecule has 0 bridgehead atoms. The monoisotopic (exact) mass is 324 g/mol. The van der Waals surface area contributed by atoms with Gasteiger partial charge in [0.15, 0.2) is 0 Å². The maximum Gasteiger partial charge on any atom is 0.269 e. The summed E-state index contributed by atoms with van der Waals surface area (Å²) in [6, 6.07) is 5.95. The topological polar surface area (TPSA) is 92.8 Å². The Labute approximate surface area is 128 Å². The molecule has 22 heavy (non-hydrogen) atoms. The Bertz CT molecular complexity index is 710. The fraction of sp³-hybridized carbons (Fsp3) is 0.429. The summed E-state index contributed by atoms with van der Waals surface area (Å²) in [5.41, 5.74) is 0.106. The minimum Gasteiger partial charge on any atom is -0.376 e. The average molecular weight is 324 g/mol. The van der Waals surface area contributed by atoms with Gasteiger partial charge in [-0.3, -0.25) is 9.59 Å². The van der Waals surface area contributed by atoms with E-state index in [-0.39, 0.29) is 16.6 Å². The molecule has 3 rings (SSSR count). The molecule has 0 saturated carbocycles. The maximum absolute atomic E-state index is 12.3. The van der Waals surface area contributed by atoms with Gasteiger partial charge in [-0.2, -0.15) is 0 Å². The molecule has 1 fully saturated rings. The number of nitrogens with one attached hydrogen (secondary N) is 1. The lowest BCUT2D eigenvalue weighted by molar-refractivity contribution is -0.121. The van der Waals surface area contributed by atoms with Crippen LogP contribution in [-0.2, 0) is 19.6 Å². The molecular formula is C14H16N2O5S. The van der Waals surface area contributed by atoms with Crippen LogP contribution in [0.3, 0.4) is 0 Å². The van der Waals surface area contributed by atoms with Crippen LogP contribution in [0, 0.1) is 0 Å². The fourth-order valence-electron chi connectivity index (χ4n) is 2.61. The van der Waals surface area contributed by atoms with E-state index in [9.17, 15) is 18.0 Å². The van der Waals surface area contributed by atoms with Gasteiger partial charge >= 0.3 is 0 Å². The van der Waals surface area contributed by atoms with Gasteiger partial charge in [-0.15, -0.1) is 0 Å². The van der Waals surface area contributed by atoms with Crippen LogP contribution in [0.15, 0.2) is 29.2 Å². The Morgan fingerprint density at radius 1 is 1.36 bits per heavy atom. The molecule has 0 aliphatic carbocycles. The molecular weight excluding hydrogens is 308 g/mol. The molecule has 1 aromatic carbocycles. The molecule has 2 heterocycles. The van der Waals surface area contributed by atoms with Gasteiger partial charge in [-0.25, -0.2) is 12.7 Å². The summed E-state index contributed by atoms with van der Waals surface area (Å²) >= 11 is 0. The number of sulfonamides is 1. The zero-order valence-corrected chi connectivity index (χ0v) is 12.6. The first kappa shape index (κ1) is 15.0. The number of nitrogens with zero attached hydrogens (tertiary/aromatic N) is 1. The van der Waals surface area contributed by atoms with E-state index in [1.54, 1.807) is 12.1 Å². The second kappa shape index (κ2) is 5.69. The number of hydrogen-bond acceptors (Lipinski definition) is 5. The number of amides is 2. The number of carbonyl (C=O) groups excluding carboxylic acids is 2. The van der Waals surface area contributed by atoms with Crippen molar-refractivity contribution in [3.05, 3.63) is 29.8 Å². The first-order chi connectivity index (χ1) is 10.5. The molecule has 0 aromatic heterocycles. The number of ether oxygens (including phenoxy) is 1. The predicted molar refractivity (Wildman–Crippen MR) is 76.6 cm³/mol. The summed E-state index contributed by atoms with van der Waals surface area (Å²) in [6.07, 6.45) is 1.79. The molecule has 2 aliphatic rings. The number of hydrogen-bond donors (Lipinski definition) is 1. The highest BCUT2D eigenvalue weighted by molar-refractivity contribution is 7.90. The third kappa shape index (κ3) is 2.59. The first-order valence-electron chi connectivity index (χ1n) is 7.04. The number of benzene rings is 1. The van der Waals surface area contributed by atoms with Gasteiger partial charge in [0.05, 0.1) is 11.7 Å². The second-order valence-corrected chi connectivity index (χ2v) is 7.08. The summed E-state index contributed by atoms with van der Waals surface area (Å²) < 4.78 is 30.6. The van der Waals surface area contributed by atoms with Crippen molar-refractivity contribution in [2.45, 2.75) is 23.8 Å². The Morgan fingerprint density at radius 2 is 2.14 bits per heavy atom. The minimum absolute atomic E-state index is 0.0352. The van der Waals surface area contributed by atoms with E-state index >= 15 is 0 Å². The molecule has 7 nitrogen and oxygen atoms in total. The van der Waals surface area contributed by atoms with Crippen molar-refractivity contribution in [1.29, 1.82) is 0 Å². The first-order valence-corrected chi connectivity index (χ1v) is 8.48. The summed E-state index contributed by atoms with van der Waals surface area (Å²) in [5, 5.41) is 2.61. The van der Waals surface area contributed by atoms with Crippen molar-refractivity contribution in [2.75, 3.05) is 19.7 Å².